The van der Waals surface area contributed by atoms with Gasteiger partial charge >= 0.3 is 5.69 Å². The number of hydrogen-bond acceptors (Lipinski definition) is 7. The molecule has 3 aliphatic heterocycles. The van der Waals surface area contributed by atoms with E-state index < -0.39 is 5.82 Å². The van der Waals surface area contributed by atoms with Gasteiger partial charge in [-0.2, -0.15) is 0 Å². The van der Waals surface area contributed by atoms with Crippen LogP contribution in [0.4, 0.5) is 10.2 Å². The molecule has 1 spiro atoms. The number of amides is 1. The van der Waals surface area contributed by atoms with Crippen LogP contribution in [-0.4, -0.2) is 74.9 Å². The minimum absolute atomic E-state index is 0.140. The monoisotopic (exact) mass is 557 g/mol. The van der Waals surface area contributed by atoms with E-state index in [4.69, 9.17) is 4.74 Å². The number of anilines is 1. The second-order valence-corrected chi connectivity index (χ2v) is 11.5. The molecular formula is C30H32FN7O3. The smallest absolute Gasteiger partial charge is 0.323 e. The Balaban J connectivity index is 1.06. The first-order valence-electron chi connectivity index (χ1n) is 14.2. The number of carbonyl (C=O) groups is 1. The molecule has 7 rings (SSSR count). The van der Waals surface area contributed by atoms with Gasteiger partial charge in [-0.15, -0.1) is 0 Å². The van der Waals surface area contributed by atoms with Gasteiger partial charge in [0.05, 0.1) is 22.8 Å². The molecular weight excluding hydrogens is 525 g/mol. The Bertz CT molecular complexity index is 1660. The molecule has 2 N–H and O–H groups in total. The highest BCUT2D eigenvalue weighted by Crippen LogP contribution is 2.43. The van der Waals surface area contributed by atoms with Crippen LogP contribution in [0.3, 0.4) is 0 Å². The van der Waals surface area contributed by atoms with E-state index in [9.17, 15) is 14.0 Å². The molecule has 1 amide bonds. The Morgan fingerprint density at radius 1 is 0.976 bits per heavy atom. The summed E-state index contributed by atoms with van der Waals surface area (Å²) in [5, 5.41) is 0. The van der Waals surface area contributed by atoms with Gasteiger partial charge in [-0.25, -0.2) is 19.2 Å². The van der Waals surface area contributed by atoms with Gasteiger partial charge in [-0.05, 0) is 68.1 Å². The van der Waals surface area contributed by atoms with E-state index in [1.54, 1.807) is 11.1 Å². The van der Waals surface area contributed by atoms with Crippen LogP contribution in [0.5, 0.6) is 11.5 Å². The Kier molecular flexibility index (Phi) is 6.45. The number of ether oxygens (including phenoxy) is 1. The summed E-state index contributed by atoms with van der Waals surface area (Å²) in [4.78, 5) is 45.7. The summed E-state index contributed by atoms with van der Waals surface area (Å²) in [6.45, 7) is 5.80. The SMILES string of the molecule is O=C(c1cc(F)ccc1Oc1cncnc1N1CCC2(CCN(Cc3ccc4[nH]c(=O)[nH]c4c3)C2)C1)N1CCCC1. The van der Waals surface area contributed by atoms with Crippen LogP contribution in [0.15, 0.2) is 53.7 Å². The normalized spacial score (nSPS) is 21.0. The number of imidazole rings is 1. The highest BCUT2D eigenvalue weighted by atomic mass is 19.1. The number of carbonyl (C=O) groups excluding carboxylic acids is 1. The second-order valence-electron chi connectivity index (χ2n) is 11.5. The topological polar surface area (TPSA) is 110 Å². The largest absolute Gasteiger partial charge is 0.451 e. The van der Waals surface area contributed by atoms with E-state index in [-0.39, 0.29) is 22.6 Å². The zero-order valence-corrected chi connectivity index (χ0v) is 22.7. The number of aromatic nitrogens is 4. The third kappa shape index (κ3) is 5.06. The minimum Gasteiger partial charge on any atom is -0.451 e. The van der Waals surface area contributed by atoms with E-state index >= 15 is 0 Å². The van der Waals surface area contributed by atoms with Crippen LogP contribution in [0, 0.1) is 11.2 Å². The Morgan fingerprint density at radius 3 is 2.68 bits per heavy atom. The summed E-state index contributed by atoms with van der Waals surface area (Å²) in [5.74, 6) is 0.749. The molecule has 41 heavy (non-hydrogen) atoms. The molecule has 3 aliphatic rings. The number of nitrogens with one attached hydrogen (secondary N) is 2. The molecule has 212 valence electrons. The zero-order chi connectivity index (χ0) is 28.0. The minimum atomic E-state index is -0.474. The molecule has 2 aromatic heterocycles. The van der Waals surface area contributed by atoms with Gasteiger partial charge in [0.15, 0.2) is 11.6 Å². The Hall–Kier alpha value is -4.25. The fraction of sp³-hybridized carbons (Fsp3) is 0.400. The lowest BCUT2D eigenvalue weighted by atomic mass is 9.86. The molecule has 4 aromatic rings. The van der Waals surface area contributed by atoms with Crippen molar-refractivity contribution in [2.45, 2.75) is 32.2 Å². The number of aromatic amines is 2. The summed E-state index contributed by atoms with van der Waals surface area (Å²) in [6, 6.07) is 10.1. The average Bonchev–Trinajstić information content (AvgIpc) is 3.78. The fourth-order valence-corrected chi connectivity index (χ4v) is 6.64. The van der Waals surface area contributed by atoms with Gasteiger partial charge < -0.3 is 24.5 Å². The Labute approximate surface area is 236 Å². The van der Waals surface area contributed by atoms with E-state index in [1.165, 1.54) is 30.1 Å². The highest BCUT2D eigenvalue weighted by Gasteiger charge is 2.44. The van der Waals surface area contributed by atoms with Crippen molar-refractivity contribution >= 4 is 22.8 Å². The van der Waals surface area contributed by atoms with Gasteiger partial charge in [0.1, 0.15) is 17.9 Å². The van der Waals surface area contributed by atoms with Gasteiger partial charge in [-0.1, -0.05) is 6.07 Å². The zero-order valence-electron chi connectivity index (χ0n) is 22.7. The van der Waals surface area contributed by atoms with Gasteiger partial charge in [0.25, 0.3) is 5.91 Å². The number of likely N-dealkylation sites (tertiary alicyclic amines) is 2. The lowest BCUT2D eigenvalue weighted by Crippen LogP contribution is -2.31. The number of fused-ring (bicyclic) bond motifs is 1. The first-order valence-corrected chi connectivity index (χ1v) is 14.2. The van der Waals surface area contributed by atoms with E-state index in [0.29, 0.717) is 30.4 Å². The summed E-state index contributed by atoms with van der Waals surface area (Å²) >= 11 is 0. The van der Waals surface area contributed by atoms with Crippen molar-refractivity contribution in [3.8, 4) is 11.5 Å². The fourth-order valence-electron chi connectivity index (χ4n) is 6.64. The standard InChI is InChI=1S/C30H32FN7O3/c31-21-4-6-25(22(14-21)28(39)37-9-1-2-10-37)41-26-15-32-19-33-27(26)38-12-8-30(18-38)7-11-36(17-30)16-20-3-5-23-24(13-20)35-29(40)34-23/h3-6,13-15,19H,1-2,7-12,16-18H2,(H2,34,35,40). The molecule has 3 fully saturated rings. The average molecular weight is 558 g/mol. The summed E-state index contributed by atoms with van der Waals surface area (Å²) in [5.41, 5.74) is 2.99. The molecule has 11 heteroatoms. The lowest BCUT2D eigenvalue weighted by molar-refractivity contribution is 0.0789. The van der Waals surface area contributed by atoms with Crippen molar-refractivity contribution in [2.75, 3.05) is 44.2 Å². The summed E-state index contributed by atoms with van der Waals surface area (Å²) in [6.07, 6.45) is 7.14. The maximum atomic E-state index is 14.2. The van der Waals surface area contributed by atoms with Crippen molar-refractivity contribution in [3.05, 3.63) is 76.4 Å². The van der Waals surface area contributed by atoms with Crippen LogP contribution in [0.25, 0.3) is 11.0 Å². The molecule has 0 radical (unpaired) electrons. The van der Waals surface area contributed by atoms with Crippen molar-refractivity contribution < 1.29 is 13.9 Å². The third-order valence-corrected chi connectivity index (χ3v) is 8.69. The molecule has 0 bridgehead atoms. The first-order chi connectivity index (χ1) is 19.9. The predicted octanol–water partition coefficient (Wildman–Crippen LogP) is 3.92. The van der Waals surface area contributed by atoms with Crippen LogP contribution in [0.1, 0.15) is 41.6 Å². The number of nitrogens with zero attached hydrogens (tertiary/aromatic N) is 5. The number of rotatable bonds is 6. The molecule has 2 aromatic carbocycles. The second kappa shape index (κ2) is 10.3. The molecule has 1 unspecified atom stereocenters. The number of benzene rings is 2. The van der Waals surface area contributed by atoms with Crippen LogP contribution < -0.4 is 15.3 Å². The molecule has 3 saturated heterocycles. The summed E-state index contributed by atoms with van der Waals surface area (Å²) in [7, 11) is 0. The molecule has 1 atom stereocenters. The number of hydrogen-bond donors (Lipinski definition) is 2. The van der Waals surface area contributed by atoms with E-state index in [2.05, 4.69) is 35.8 Å². The third-order valence-electron chi connectivity index (χ3n) is 8.69. The van der Waals surface area contributed by atoms with Gasteiger partial charge in [-0.3, -0.25) is 9.69 Å². The van der Waals surface area contributed by atoms with Crippen molar-refractivity contribution in [2.24, 2.45) is 5.41 Å². The lowest BCUT2D eigenvalue weighted by Gasteiger charge is -2.26. The molecule has 10 nitrogen and oxygen atoms in total. The number of H-pyrrole nitrogens is 2. The number of halogens is 1. The van der Waals surface area contributed by atoms with Crippen LogP contribution >= 0.6 is 0 Å². The van der Waals surface area contributed by atoms with Gasteiger partial charge in [0.2, 0.25) is 0 Å². The molecule has 5 heterocycles. The molecule has 0 saturated carbocycles. The first kappa shape index (κ1) is 25.7. The highest BCUT2D eigenvalue weighted by molar-refractivity contribution is 5.97. The van der Waals surface area contributed by atoms with Crippen LogP contribution in [-0.2, 0) is 6.54 Å². The maximum Gasteiger partial charge on any atom is 0.323 e. The van der Waals surface area contributed by atoms with Gasteiger partial charge in [0, 0.05) is 44.7 Å². The van der Waals surface area contributed by atoms with E-state index in [0.717, 1.165) is 69.4 Å². The quantitative estimate of drug-likeness (QED) is 0.370. The summed E-state index contributed by atoms with van der Waals surface area (Å²) < 4.78 is 20.4. The van der Waals surface area contributed by atoms with Crippen molar-refractivity contribution in [3.63, 3.8) is 0 Å². The van der Waals surface area contributed by atoms with Crippen molar-refractivity contribution in [1.29, 1.82) is 0 Å². The predicted molar refractivity (Wildman–Crippen MR) is 152 cm³/mol. The Morgan fingerprint density at radius 2 is 1.80 bits per heavy atom. The van der Waals surface area contributed by atoms with Crippen molar-refractivity contribution in [1.82, 2.24) is 29.7 Å². The maximum absolute atomic E-state index is 14.2. The van der Waals surface area contributed by atoms with Crippen LogP contribution in [0.2, 0.25) is 0 Å². The molecule has 0 aliphatic carbocycles. The van der Waals surface area contributed by atoms with E-state index in [1.807, 2.05) is 12.1 Å².